The maximum atomic E-state index is 9.44. The molecule has 12 heteroatoms. The predicted octanol–water partition coefficient (Wildman–Crippen LogP) is 1.63. The summed E-state index contributed by atoms with van der Waals surface area (Å²) in [6.45, 7) is 8.28. The highest BCUT2D eigenvalue weighted by atomic mass is 15.0. The highest BCUT2D eigenvalue weighted by Crippen LogP contribution is 2.29. The van der Waals surface area contributed by atoms with Crippen molar-refractivity contribution in [3.63, 3.8) is 0 Å². The van der Waals surface area contributed by atoms with Crippen LogP contribution in [0, 0.1) is 73.9 Å². The highest BCUT2D eigenvalue weighted by molar-refractivity contribution is 6.54. The number of fused-ring (bicyclic) bond motifs is 1. The molecule has 0 fully saturated rings. The standard InChI is InChI=1S/C21H10N12/c1-11(4-22)13(5-23)31-18-10-29-14(6-24)15(7-25)30-12(2)19-21(20(18)28-3)33-17(9-27)16(8-26)32-19/h11H,2-3,10H2,1H3/b20-18-,29-14-,30-15-,31-13-. The van der Waals surface area contributed by atoms with Crippen molar-refractivity contribution in [1.82, 2.24) is 9.97 Å². The van der Waals surface area contributed by atoms with E-state index < -0.39 is 5.92 Å². The summed E-state index contributed by atoms with van der Waals surface area (Å²) in [4.78, 5) is 24.3. The van der Waals surface area contributed by atoms with Crippen molar-refractivity contribution in [2.75, 3.05) is 6.54 Å². The Bertz CT molecular complexity index is 1440. The van der Waals surface area contributed by atoms with Gasteiger partial charge in [-0.25, -0.2) is 20.0 Å². The number of rotatable bonds is 3. The van der Waals surface area contributed by atoms with Crippen molar-refractivity contribution in [3.05, 3.63) is 35.1 Å². The molecule has 2 heterocycles. The number of aliphatic imine (C=N–C) groups is 4. The molecule has 0 aromatic carbocycles. The smallest absolute Gasteiger partial charge is 0.177 e. The van der Waals surface area contributed by atoms with Gasteiger partial charge in [-0.3, -0.25) is 9.98 Å². The van der Waals surface area contributed by atoms with Gasteiger partial charge in [0.1, 0.15) is 53.1 Å². The van der Waals surface area contributed by atoms with Crippen LogP contribution in [0.15, 0.2) is 32.2 Å². The fraction of sp³-hybridized carbons (Fsp3) is 0.143. The van der Waals surface area contributed by atoms with Crippen LogP contribution in [-0.2, 0) is 0 Å². The molecule has 1 atom stereocenters. The van der Waals surface area contributed by atoms with Crippen LogP contribution in [0.4, 0.5) is 0 Å². The number of hydrogen-bond acceptors (Lipinski definition) is 12. The summed E-state index contributed by atoms with van der Waals surface area (Å²) in [6.07, 6.45) is 0. The van der Waals surface area contributed by atoms with Crippen LogP contribution in [0.25, 0.3) is 11.4 Å². The zero-order valence-electron chi connectivity index (χ0n) is 17.1. The Hall–Kier alpha value is -5.82. The third-order valence-electron chi connectivity index (χ3n) is 4.08. The molecule has 0 saturated heterocycles. The summed E-state index contributed by atoms with van der Waals surface area (Å²) in [5, 5.41) is 56.2. The van der Waals surface area contributed by atoms with E-state index in [1.54, 1.807) is 24.3 Å². The molecule has 0 saturated carbocycles. The zero-order chi connectivity index (χ0) is 24.5. The molecule has 1 aromatic heterocycles. The van der Waals surface area contributed by atoms with Gasteiger partial charge in [-0.1, -0.05) is 6.58 Å². The molecular formula is C21H10N12. The number of nitrogens with zero attached hydrogens (tertiary/aromatic N) is 12. The molecule has 0 aliphatic carbocycles. The van der Waals surface area contributed by atoms with Gasteiger partial charge < -0.3 is 0 Å². The Morgan fingerprint density at radius 3 is 2.03 bits per heavy atom. The Morgan fingerprint density at radius 1 is 0.939 bits per heavy atom. The SMILES string of the molecule is C=N/C1=C(\N=C(\C#N)C(C)C#N)C/N=C(C#N)\C(C#N)=N/C(=C)c2nc(C#N)c(C#N)nc21. The third kappa shape index (κ3) is 4.68. The van der Waals surface area contributed by atoms with Gasteiger partial charge in [-0.15, -0.1) is 0 Å². The van der Waals surface area contributed by atoms with Gasteiger partial charge in [0, 0.05) is 0 Å². The fourth-order valence-electron chi connectivity index (χ4n) is 2.48. The summed E-state index contributed by atoms with van der Waals surface area (Å²) < 4.78 is 0. The molecule has 0 amide bonds. The van der Waals surface area contributed by atoms with Gasteiger partial charge in [0.2, 0.25) is 0 Å². The molecule has 1 aromatic rings. The maximum Gasteiger partial charge on any atom is 0.177 e. The first kappa shape index (κ1) is 23.5. The second kappa shape index (κ2) is 10.3. The van der Waals surface area contributed by atoms with Crippen LogP contribution in [0.3, 0.4) is 0 Å². The second-order valence-corrected chi connectivity index (χ2v) is 6.05. The fourth-order valence-corrected chi connectivity index (χ4v) is 2.48. The van der Waals surface area contributed by atoms with Crippen molar-refractivity contribution in [3.8, 4) is 36.4 Å². The Labute approximate surface area is 188 Å². The number of aromatic nitrogens is 2. The summed E-state index contributed by atoms with van der Waals surface area (Å²) in [5.41, 5.74) is -2.13. The first-order chi connectivity index (χ1) is 15.9. The molecule has 1 aliphatic rings. The topological polar surface area (TPSA) is 218 Å². The normalized spacial score (nSPS) is 19.7. The van der Waals surface area contributed by atoms with Crippen LogP contribution in [0.1, 0.15) is 29.7 Å². The summed E-state index contributed by atoms with van der Waals surface area (Å²) >= 11 is 0. The van der Waals surface area contributed by atoms with E-state index >= 15 is 0 Å². The van der Waals surface area contributed by atoms with Gasteiger partial charge in [0.25, 0.3) is 0 Å². The van der Waals surface area contributed by atoms with E-state index in [0.29, 0.717) is 0 Å². The lowest BCUT2D eigenvalue weighted by molar-refractivity contribution is 0.995. The van der Waals surface area contributed by atoms with Crippen molar-refractivity contribution in [2.24, 2.45) is 25.9 Å². The molecule has 154 valence electrons. The van der Waals surface area contributed by atoms with Crippen molar-refractivity contribution >= 4 is 35.2 Å². The summed E-state index contributed by atoms with van der Waals surface area (Å²) in [7, 11) is 0. The van der Waals surface area contributed by atoms with Crippen molar-refractivity contribution in [1.29, 1.82) is 31.6 Å². The third-order valence-corrected chi connectivity index (χ3v) is 4.08. The van der Waals surface area contributed by atoms with E-state index in [-0.39, 0.29) is 63.5 Å². The lowest BCUT2D eigenvalue weighted by Gasteiger charge is -2.13. The Balaban J connectivity index is 3.11. The molecule has 0 spiro atoms. The number of hydrogen-bond donors (Lipinski definition) is 0. The average Bonchev–Trinajstić information content (AvgIpc) is 2.84. The van der Waals surface area contributed by atoms with Gasteiger partial charge >= 0.3 is 0 Å². The van der Waals surface area contributed by atoms with Crippen molar-refractivity contribution in [2.45, 2.75) is 6.92 Å². The van der Waals surface area contributed by atoms with E-state index in [0.717, 1.165) is 0 Å². The molecule has 0 bridgehead atoms. The lowest BCUT2D eigenvalue weighted by Crippen LogP contribution is -2.15. The molecule has 33 heavy (non-hydrogen) atoms. The minimum atomic E-state index is -0.893. The predicted molar refractivity (Wildman–Crippen MR) is 116 cm³/mol. The molecule has 1 aliphatic heterocycles. The largest absolute Gasteiger partial charge is 0.265 e. The van der Waals surface area contributed by atoms with E-state index in [1.807, 2.05) is 12.1 Å². The average molecular weight is 430 g/mol. The minimum Gasteiger partial charge on any atom is -0.265 e. The highest BCUT2D eigenvalue weighted by Gasteiger charge is 2.24. The van der Waals surface area contributed by atoms with Crippen molar-refractivity contribution < 1.29 is 0 Å². The molecule has 1 unspecified atom stereocenters. The van der Waals surface area contributed by atoms with Crippen LogP contribution in [0.2, 0.25) is 0 Å². The Kier molecular flexibility index (Phi) is 7.31. The van der Waals surface area contributed by atoms with Crippen LogP contribution >= 0.6 is 0 Å². The quantitative estimate of drug-likeness (QED) is 0.639. The summed E-state index contributed by atoms with van der Waals surface area (Å²) in [5.74, 6) is -0.893. The van der Waals surface area contributed by atoms with E-state index in [4.69, 9.17) is 0 Å². The first-order valence-electron chi connectivity index (χ1n) is 8.82. The zero-order valence-corrected chi connectivity index (χ0v) is 17.1. The Morgan fingerprint density at radius 2 is 1.55 bits per heavy atom. The summed E-state index contributed by atoms with van der Waals surface area (Å²) in [6, 6.07) is 10.7. The van der Waals surface area contributed by atoms with E-state index in [9.17, 15) is 31.6 Å². The lowest BCUT2D eigenvalue weighted by atomic mass is 10.1. The maximum absolute atomic E-state index is 9.44. The van der Waals surface area contributed by atoms with E-state index in [1.165, 1.54) is 6.92 Å². The van der Waals surface area contributed by atoms with Gasteiger partial charge in [-0.2, -0.15) is 31.6 Å². The minimum absolute atomic E-state index is 0.0486. The molecule has 0 radical (unpaired) electrons. The second-order valence-electron chi connectivity index (χ2n) is 6.05. The van der Waals surface area contributed by atoms with Crippen LogP contribution in [-0.4, -0.2) is 40.4 Å². The molecule has 12 nitrogen and oxygen atoms in total. The van der Waals surface area contributed by atoms with Crippen LogP contribution in [0.5, 0.6) is 0 Å². The molecule has 0 N–H and O–H groups in total. The van der Waals surface area contributed by atoms with E-state index in [2.05, 4.69) is 43.2 Å². The van der Waals surface area contributed by atoms with Crippen LogP contribution < -0.4 is 0 Å². The van der Waals surface area contributed by atoms with Gasteiger partial charge in [0.05, 0.1) is 29.9 Å². The molecule has 2 rings (SSSR count). The monoisotopic (exact) mass is 430 g/mol. The first-order valence-corrected chi connectivity index (χ1v) is 8.82. The molecular weight excluding hydrogens is 420 g/mol. The van der Waals surface area contributed by atoms with Gasteiger partial charge in [0.15, 0.2) is 22.8 Å². The van der Waals surface area contributed by atoms with Gasteiger partial charge in [-0.05, 0) is 13.6 Å². The number of nitriles is 6.